The smallest absolute Gasteiger partial charge is 0.0437 e. The largest absolute Gasteiger partial charge is 0.261 e. The van der Waals surface area contributed by atoms with E-state index in [0.29, 0.717) is 5.92 Å². The van der Waals surface area contributed by atoms with Gasteiger partial charge in [-0.15, -0.1) is 0 Å². The summed E-state index contributed by atoms with van der Waals surface area (Å²) in [5, 5.41) is 0. The van der Waals surface area contributed by atoms with Gasteiger partial charge in [0.1, 0.15) is 0 Å². The van der Waals surface area contributed by atoms with Crippen LogP contribution in [0.4, 0.5) is 0 Å². The SMILES string of the molecule is CCCC(c1ccccn1)C(C)CC. The minimum Gasteiger partial charge on any atom is -0.261 e. The fourth-order valence-corrected chi connectivity index (χ4v) is 1.91. The van der Waals surface area contributed by atoms with Crippen molar-refractivity contribution in [3.05, 3.63) is 30.1 Å². The summed E-state index contributed by atoms with van der Waals surface area (Å²) in [6.45, 7) is 6.84. The summed E-state index contributed by atoms with van der Waals surface area (Å²) in [5.74, 6) is 1.39. The van der Waals surface area contributed by atoms with E-state index in [2.05, 4.69) is 37.9 Å². The van der Waals surface area contributed by atoms with E-state index in [1.807, 2.05) is 12.3 Å². The summed E-state index contributed by atoms with van der Waals surface area (Å²) >= 11 is 0. The second-order valence-corrected chi connectivity index (χ2v) is 4.04. The van der Waals surface area contributed by atoms with Crippen molar-refractivity contribution in [2.75, 3.05) is 0 Å². The predicted octanol–water partition coefficient (Wildman–Crippen LogP) is 4.01. The van der Waals surface area contributed by atoms with E-state index in [0.717, 1.165) is 5.92 Å². The van der Waals surface area contributed by atoms with Crippen LogP contribution in [0.2, 0.25) is 0 Å². The van der Waals surface area contributed by atoms with Gasteiger partial charge in [0.2, 0.25) is 0 Å². The van der Waals surface area contributed by atoms with Gasteiger partial charge in [-0.25, -0.2) is 0 Å². The Bertz CT molecular complexity index is 243. The minimum atomic E-state index is 0.645. The molecule has 0 saturated heterocycles. The quantitative estimate of drug-likeness (QED) is 0.685. The van der Waals surface area contributed by atoms with Crippen LogP contribution in [0, 0.1) is 5.92 Å². The van der Waals surface area contributed by atoms with Crippen LogP contribution < -0.4 is 0 Å². The molecule has 0 aliphatic carbocycles. The van der Waals surface area contributed by atoms with Gasteiger partial charge in [-0.1, -0.05) is 39.7 Å². The first kappa shape index (κ1) is 11.2. The number of hydrogen-bond acceptors (Lipinski definition) is 1. The Morgan fingerprint density at radius 2 is 2.07 bits per heavy atom. The van der Waals surface area contributed by atoms with Crippen LogP contribution in [0.25, 0.3) is 0 Å². The van der Waals surface area contributed by atoms with Gasteiger partial charge in [-0.05, 0) is 24.5 Å². The maximum atomic E-state index is 4.47. The third-order valence-electron chi connectivity index (χ3n) is 3.00. The Balaban J connectivity index is 2.77. The fourth-order valence-electron chi connectivity index (χ4n) is 1.91. The second kappa shape index (κ2) is 5.79. The van der Waals surface area contributed by atoms with E-state index >= 15 is 0 Å². The lowest BCUT2D eigenvalue weighted by Crippen LogP contribution is -2.10. The Hall–Kier alpha value is -0.850. The molecule has 0 amide bonds. The maximum absolute atomic E-state index is 4.47. The maximum Gasteiger partial charge on any atom is 0.0437 e. The standard InChI is InChI=1S/C13H21N/c1-4-8-12(11(3)5-2)13-9-6-7-10-14-13/h6-7,9-12H,4-5,8H2,1-3H3. The first-order chi connectivity index (χ1) is 6.79. The molecule has 2 unspecified atom stereocenters. The number of rotatable bonds is 5. The second-order valence-electron chi connectivity index (χ2n) is 4.04. The molecular weight excluding hydrogens is 170 g/mol. The first-order valence-corrected chi connectivity index (χ1v) is 5.70. The van der Waals surface area contributed by atoms with E-state index in [1.54, 1.807) is 0 Å². The average Bonchev–Trinajstić information content (AvgIpc) is 2.26. The van der Waals surface area contributed by atoms with Gasteiger partial charge in [-0.2, -0.15) is 0 Å². The molecule has 1 rings (SSSR count). The summed E-state index contributed by atoms with van der Waals surface area (Å²) in [7, 11) is 0. The van der Waals surface area contributed by atoms with Crippen LogP contribution in [0.3, 0.4) is 0 Å². The predicted molar refractivity (Wildman–Crippen MR) is 61.3 cm³/mol. The molecule has 1 nitrogen and oxygen atoms in total. The lowest BCUT2D eigenvalue weighted by Gasteiger charge is -2.21. The molecular formula is C13H21N. The molecule has 0 radical (unpaired) electrons. The highest BCUT2D eigenvalue weighted by molar-refractivity contribution is 5.10. The van der Waals surface area contributed by atoms with Crippen molar-refractivity contribution in [2.45, 2.75) is 46.0 Å². The number of pyridine rings is 1. The summed E-state index contributed by atoms with van der Waals surface area (Å²) in [6.07, 6.45) is 5.64. The van der Waals surface area contributed by atoms with Crippen molar-refractivity contribution in [3.8, 4) is 0 Å². The van der Waals surface area contributed by atoms with Gasteiger partial charge in [0.15, 0.2) is 0 Å². The van der Waals surface area contributed by atoms with Gasteiger partial charge >= 0.3 is 0 Å². The zero-order valence-corrected chi connectivity index (χ0v) is 9.53. The lowest BCUT2D eigenvalue weighted by molar-refractivity contribution is 0.411. The molecule has 78 valence electrons. The summed E-state index contributed by atoms with van der Waals surface area (Å²) in [6, 6.07) is 6.24. The normalized spacial score (nSPS) is 15.1. The van der Waals surface area contributed by atoms with Gasteiger partial charge in [0.05, 0.1) is 0 Å². The molecule has 14 heavy (non-hydrogen) atoms. The van der Waals surface area contributed by atoms with Crippen molar-refractivity contribution < 1.29 is 0 Å². The molecule has 0 aliphatic rings. The molecule has 0 saturated carbocycles. The van der Waals surface area contributed by atoms with E-state index in [4.69, 9.17) is 0 Å². The monoisotopic (exact) mass is 191 g/mol. The molecule has 2 atom stereocenters. The molecule has 0 aromatic carbocycles. The number of hydrogen-bond donors (Lipinski definition) is 0. The van der Waals surface area contributed by atoms with Crippen LogP contribution in [0.1, 0.15) is 51.6 Å². The van der Waals surface area contributed by atoms with Crippen molar-refractivity contribution >= 4 is 0 Å². The summed E-state index contributed by atoms with van der Waals surface area (Å²) < 4.78 is 0. The lowest BCUT2D eigenvalue weighted by atomic mass is 9.85. The van der Waals surface area contributed by atoms with Gasteiger partial charge in [-0.3, -0.25) is 4.98 Å². The molecule has 0 fully saturated rings. The minimum absolute atomic E-state index is 0.645. The first-order valence-electron chi connectivity index (χ1n) is 5.70. The Kier molecular flexibility index (Phi) is 4.64. The van der Waals surface area contributed by atoms with Crippen LogP contribution in [0.5, 0.6) is 0 Å². The topological polar surface area (TPSA) is 12.9 Å². The van der Waals surface area contributed by atoms with Gasteiger partial charge in [0, 0.05) is 17.8 Å². The number of nitrogens with zero attached hydrogens (tertiary/aromatic N) is 1. The molecule has 0 bridgehead atoms. The van der Waals surface area contributed by atoms with Gasteiger partial charge < -0.3 is 0 Å². The third kappa shape index (κ3) is 2.83. The highest BCUT2D eigenvalue weighted by Crippen LogP contribution is 2.29. The van der Waals surface area contributed by atoms with Crippen LogP contribution in [-0.4, -0.2) is 4.98 Å². The molecule has 1 aromatic heterocycles. The highest BCUT2D eigenvalue weighted by Gasteiger charge is 2.17. The van der Waals surface area contributed by atoms with Crippen LogP contribution in [-0.2, 0) is 0 Å². The van der Waals surface area contributed by atoms with Crippen LogP contribution >= 0.6 is 0 Å². The van der Waals surface area contributed by atoms with Crippen molar-refractivity contribution in [2.24, 2.45) is 5.92 Å². The number of aromatic nitrogens is 1. The molecule has 0 spiro atoms. The molecule has 0 aliphatic heterocycles. The van der Waals surface area contributed by atoms with Crippen molar-refractivity contribution in [3.63, 3.8) is 0 Å². The Morgan fingerprint density at radius 3 is 2.57 bits per heavy atom. The zero-order chi connectivity index (χ0) is 10.4. The van der Waals surface area contributed by atoms with E-state index in [9.17, 15) is 0 Å². The van der Waals surface area contributed by atoms with Crippen molar-refractivity contribution in [1.29, 1.82) is 0 Å². The van der Waals surface area contributed by atoms with E-state index in [1.165, 1.54) is 25.0 Å². The third-order valence-corrected chi connectivity index (χ3v) is 3.00. The highest BCUT2D eigenvalue weighted by atomic mass is 14.7. The molecule has 1 heteroatoms. The summed E-state index contributed by atoms with van der Waals surface area (Å²) in [5.41, 5.74) is 1.27. The van der Waals surface area contributed by atoms with Crippen molar-refractivity contribution in [1.82, 2.24) is 4.98 Å². The zero-order valence-electron chi connectivity index (χ0n) is 9.53. The fraction of sp³-hybridized carbons (Fsp3) is 0.615. The Morgan fingerprint density at radius 1 is 1.29 bits per heavy atom. The summed E-state index contributed by atoms with van der Waals surface area (Å²) in [4.78, 5) is 4.47. The molecule has 0 N–H and O–H groups in total. The average molecular weight is 191 g/mol. The van der Waals surface area contributed by atoms with E-state index in [-0.39, 0.29) is 0 Å². The Labute approximate surface area is 87.6 Å². The van der Waals surface area contributed by atoms with Gasteiger partial charge in [0.25, 0.3) is 0 Å². The van der Waals surface area contributed by atoms with E-state index < -0.39 is 0 Å². The molecule has 1 heterocycles. The molecule has 1 aromatic rings. The van der Waals surface area contributed by atoms with Crippen LogP contribution in [0.15, 0.2) is 24.4 Å².